The topological polar surface area (TPSA) is 103 Å². The molecule has 1 atom stereocenters. The molecule has 3 aromatic rings. The SMILES string of the molecule is O=C1c2cc(-c3ccnc(NC4CCOCC4)n3)[nH]c2CCN1[C@H](CO)c1ccccc1. The van der Waals surface area contributed by atoms with Crippen LogP contribution in [0.1, 0.15) is 40.5 Å². The summed E-state index contributed by atoms with van der Waals surface area (Å²) in [4.78, 5) is 27.5. The third kappa shape index (κ3) is 4.11. The fourth-order valence-corrected chi connectivity index (χ4v) is 4.47. The van der Waals surface area contributed by atoms with Crippen molar-refractivity contribution < 1.29 is 14.6 Å². The lowest BCUT2D eigenvalue weighted by molar-refractivity contribution is 0.0570. The molecule has 2 aliphatic heterocycles. The van der Waals surface area contributed by atoms with Crippen LogP contribution in [-0.2, 0) is 11.2 Å². The third-order valence-corrected chi connectivity index (χ3v) is 6.21. The van der Waals surface area contributed by atoms with Gasteiger partial charge in [-0.25, -0.2) is 9.97 Å². The molecular weight excluding hydrogens is 406 g/mol. The molecule has 0 radical (unpaired) electrons. The minimum atomic E-state index is -0.357. The fraction of sp³-hybridized carbons (Fsp3) is 0.375. The van der Waals surface area contributed by atoms with E-state index in [0.29, 0.717) is 30.5 Å². The molecule has 0 spiro atoms. The minimum absolute atomic E-state index is 0.0775. The summed E-state index contributed by atoms with van der Waals surface area (Å²) in [5.74, 6) is 0.505. The van der Waals surface area contributed by atoms with Crippen LogP contribution in [0.4, 0.5) is 5.95 Å². The number of H-pyrrole nitrogens is 1. The van der Waals surface area contributed by atoms with Gasteiger partial charge in [-0.2, -0.15) is 0 Å². The molecule has 0 saturated carbocycles. The van der Waals surface area contributed by atoms with Crippen molar-refractivity contribution in [2.24, 2.45) is 0 Å². The molecule has 5 rings (SSSR count). The summed E-state index contributed by atoms with van der Waals surface area (Å²) >= 11 is 0. The van der Waals surface area contributed by atoms with Crippen LogP contribution in [0.25, 0.3) is 11.4 Å². The number of ether oxygens (including phenoxy) is 1. The van der Waals surface area contributed by atoms with E-state index in [9.17, 15) is 9.90 Å². The summed E-state index contributed by atoms with van der Waals surface area (Å²) in [6.07, 6.45) is 4.29. The Kier molecular flexibility index (Phi) is 5.87. The molecule has 0 unspecified atom stereocenters. The lowest BCUT2D eigenvalue weighted by Gasteiger charge is -2.33. The van der Waals surface area contributed by atoms with Gasteiger partial charge in [-0.3, -0.25) is 4.79 Å². The Hall–Kier alpha value is -3.23. The zero-order valence-corrected chi connectivity index (χ0v) is 17.8. The van der Waals surface area contributed by atoms with Gasteiger partial charge in [-0.05, 0) is 30.5 Å². The first-order valence-electron chi connectivity index (χ1n) is 11.1. The number of nitrogens with one attached hydrogen (secondary N) is 2. The maximum Gasteiger partial charge on any atom is 0.256 e. The Balaban J connectivity index is 1.37. The quantitative estimate of drug-likeness (QED) is 0.552. The third-order valence-electron chi connectivity index (χ3n) is 6.21. The van der Waals surface area contributed by atoms with Crippen LogP contribution in [0.5, 0.6) is 0 Å². The molecule has 1 fully saturated rings. The summed E-state index contributed by atoms with van der Waals surface area (Å²) in [6.45, 7) is 1.93. The minimum Gasteiger partial charge on any atom is -0.394 e. The van der Waals surface area contributed by atoms with Crippen LogP contribution in [-0.4, -0.2) is 63.3 Å². The van der Waals surface area contributed by atoms with E-state index >= 15 is 0 Å². The molecule has 2 aliphatic rings. The van der Waals surface area contributed by atoms with Gasteiger partial charge >= 0.3 is 0 Å². The normalized spacial score (nSPS) is 17.8. The predicted molar refractivity (Wildman–Crippen MR) is 120 cm³/mol. The van der Waals surface area contributed by atoms with Gasteiger partial charge in [-0.1, -0.05) is 30.3 Å². The van der Waals surface area contributed by atoms with Crippen LogP contribution >= 0.6 is 0 Å². The fourth-order valence-electron chi connectivity index (χ4n) is 4.47. The first kappa shape index (κ1) is 20.7. The number of anilines is 1. The van der Waals surface area contributed by atoms with Gasteiger partial charge in [0.2, 0.25) is 5.95 Å². The molecule has 0 bridgehead atoms. The van der Waals surface area contributed by atoms with Crippen LogP contribution < -0.4 is 5.32 Å². The molecule has 4 heterocycles. The van der Waals surface area contributed by atoms with Crippen molar-refractivity contribution in [3.05, 3.63) is 65.5 Å². The zero-order valence-electron chi connectivity index (χ0n) is 17.8. The molecule has 32 heavy (non-hydrogen) atoms. The highest BCUT2D eigenvalue weighted by Gasteiger charge is 2.32. The number of aliphatic hydroxyl groups excluding tert-OH is 1. The van der Waals surface area contributed by atoms with Crippen molar-refractivity contribution in [1.29, 1.82) is 0 Å². The number of amides is 1. The summed E-state index contributed by atoms with van der Waals surface area (Å²) in [6, 6.07) is 13.3. The van der Waals surface area contributed by atoms with E-state index in [2.05, 4.69) is 20.3 Å². The lowest BCUT2D eigenvalue weighted by atomic mass is 10.0. The van der Waals surface area contributed by atoms with E-state index < -0.39 is 0 Å². The second-order valence-corrected chi connectivity index (χ2v) is 8.23. The van der Waals surface area contributed by atoms with Gasteiger partial charge in [-0.15, -0.1) is 0 Å². The van der Waals surface area contributed by atoms with Crippen molar-refractivity contribution in [1.82, 2.24) is 19.9 Å². The number of hydrogen-bond acceptors (Lipinski definition) is 6. The average molecular weight is 434 g/mol. The van der Waals surface area contributed by atoms with E-state index in [1.54, 1.807) is 11.1 Å². The van der Waals surface area contributed by atoms with Gasteiger partial charge in [0.05, 0.1) is 29.6 Å². The summed E-state index contributed by atoms with van der Waals surface area (Å²) < 4.78 is 5.41. The molecule has 1 amide bonds. The predicted octanol–water partition coefficient (Wildman–Crippen LogP) is 2.79. The number of carbonyl (C=O) groups is 1. The number of aliphatic hydroxyl groups is 1. The first-order valence-corrected chi connectivity index (χ1v) is 11.1. The van der Waals surface area contributed by atoms with Crippen LogP contribution in [0.2, 0.25) is 0 Å². The monoisotopic (exact) mass is 433 g/mol. The zero-order chi connectivity index (χ0) is 21.9. The van der Waals surface area contributed by atoms with E-state index in [0.717, 1.165) is 48.7 Å². The van der Waals surface area contributed by atoms with Gasteiger partial charge in [0.15, 0.2) is 0 Å². The maximum absolute atomic E-state index is 13.3. The molecule has 8 nitrogen and oxygen atoms in total. The molecule has 1 saturated heterocycles. The lowest BCUT2D eigenvalue weighted by Crippen LogP contribution is -2.41. The van der Waals surface area contributed by atoms with Crippen molar-refractivity contribution >= 4 is 11.9 Å². The summed E-state index contributed by atoms with van der Waals surface area (Å²) in [7, 11) is 0. The molecule has 1 aromatic carbocycles. The van der Waals surface area contributed by atoms with Crippen molar-refractivity contribution in [2.45, 2.75) is 31.3 Å². The van der Waals surface area contributed by atoms with Crippen LogP contribution in [0.3, 0.4) is 0 Å². The van der Waals surface area contributed by atoms with Crippen molar-refractivity contribution in [3.63, 3.8) is 0 Å². The Labute approximate surface area is 186 Å². The number of benzene rings is 1. The highest BCUT2D eigenvalue weighted by molar-refractivity contribution is 5.98. The number of aromatic nitrogens is 3. The number of rotatable bonds is 6. The van der Waals surface area contributed by atoms with E-state index in [4.69, 9.17) is 4.74 Å². The van der Waals surface area contributed by atoms with Gasteiger partial charge in [0, 0.05) is 44.1 Å². The largest absolute Gasteiger partial charge is 0.394 e. The number of carbonyl (C=O) groups excluding carboxylic acids is 1. The maximum atomic E-state index is 13.3. The summed E-state index contributed by atoms with van der Waals surface area (Å²) in [5, 5.41) is 13.4. The molecule has 2 aromatic heterocycles. The highest BCUT2D eigenvalue weighted by Crippen LogP contribution is 2.30. The molecule has 166 valence electrons. The van der Waals surface area contributed by atoms with Crippen molar-refractivity contribution in [2.75, 3.05) is 31.7 Å². The van der Waals surface area contributed by atoms with E-state index in [1.807, 2.05) is 42.5 Å². The standard InChI is InChI=1S/C24H27N5O3/c30-15-22(16-4-2-1-3-5-16)29-11-7-19-18(23(29)31)14-21(27-19)20-6-10-25-24(28-20)26-17-8-12-32-13-9-17/h1-6,10,14,17,22,27,30H,7-9,11-13,15H2,(H,25,26,28)/t22-/m1/s1. The van der Waals surface area contributed by atoms with E-state index in [-0.39, 0.29) is 18.6 Å². The molecule has 3 N–H and O–H groups in total. The second kappa shape index (κ2) is 9.10. The smallest absolute Gasteiger partial charge is 0.256 e. The van der Waals surface area contributed by atoms with E-state index in [1.165, 1.54) is 0 Å². The Morgan fingerprint density at radius 3 is 2.81 bits per heavy atom. The number of aromatic amines is 1. The molecule has 8 heteroatoms. The number of fused-ring (bicyclic) bond motifs is 1. The molecule has 0 aliphatic carbocycles. The average Bonchev–Trinajstić information content (AvgIpc) is 3.28. The van der Waals surface area contributed by atoms with Gasteiger partial charge in [0.1, 0.15) is 0 Å². The molecular formula is C24H27N5O3. The number of nitrogens with zero attached hydrogens (tertiary/aromatic N) is 3. The Bertz CT molecular complexity index is 1080. The van der Waals surface area contributed by atoms with Gasteiger partial charge < -0.3 is 25.0 Å². The van der Waals surface area contributed by atoms with Crippen molar-refractivity contribution in [3.8, 4) is 11.4 Å². The Morgan fingerprint density at radius 2 is 2.03 bits per heavy atom. The van der Waals surface area contributed by atoms with Gasteiger partial charge in [0.25, 0.3) is 5.91 Å². The second-order valence-electron chi connectivity index (χ2n) is 8.23. The van der Waals surface area contributed by atoms with Crippen LogP contribution in [0, 0.1) is 0 Å². The highest BCUT2D eigenvalue weighted by atomic mass is 16.5. The Morgan fingerprint density at radius 1 is 1.22 bits per heavy atom. The number of hydrogen-bond donors (Lipinski definition) is 3. The summed E-state index contributed by atoms with van der Waals surface area (Å²) in [5.41, 5.74) is 4.01. The first-order chi connectivity index (χ1) is 15.7. The van der Waals surface area contributed by atoms with Crippen LogP contribution in [0.15, 0.2) is 48.7 Å².